The van der Waals surface area contributed by atoms with Crippen molar-refractivity contribution in [2.45, 2.75) is 37.7 Å². The van der Waals surface area contributed by atoms with Crippen LogP contribution < -0.4 is 5.73 Å². The van der Waals surface area contributed by atoms with E-state index in [-0.39, 0.29) is 11.6 Å². The average molecular weight is 336 g/mol. The molecule has 2 aliphatic carbocycles. The first-order valence-electron chi connectivity index (χ1n) is 8.27. The van der Waals surface area contributed by atoms with Gasteiger partial charge < -0.3 is 10.8 Å². The van der Waals surface area contributed by atoms with Crippen molar-refractivity contribution in [3.05, 3.63) is 52.9 Å². The van der Waals surface area contributed by atoms with E-state index in [1.807, 2.05) is 12.1 Å². The molecular formula is C19H17FN4O. The summed E-state index contributed by atoms with van der Waals surface area (Å²) in [5.41, 5.74) is 7.92. The normalized spacial score (nSPS) is 17.6. The maximum absolute atomic E-state index is 14.1. The minimum Gasteiger partial charge on any atom is -0.378 e. The zero-order valence-electron chi connectivity index (χ0n) is 13.6. The Kier molecular flexibility index (Phi) is 3.74. The van der Waals surface area contributed by atoms with Crippen LogP contribution in [0.1, 0.15) is 48.2 Å². The van der Waals surface area contributed by atoms with E-state index in [4.69, 9.17) is 5.73 Å². The number of nitrogens with two attached hydrogens (primary N) is 1. The lowest BCUT2D eigenvalue weighted by atomic mass is 10.0. The number of aliphatic hydroxyl groups is 1. The van der Waals surface area contributed by atoms with Gasteiger partial charge in [0.1, 0.15) is 17.0 Å². The smallest absolute Gasteiger partial charge is 0.220 e. The molecule has 126 valence electrons. The molecule has 0 atom stereocenters. The molecule has 3 N–H and O–H groups in total. The predicted octanol–water partition coefficient (Wildman–Crippen LogP) is 2.24. The number of aromatic nitrogens is 3. The Labute approximate surface area is 144 Å². The van der Waals surface area contributed by atoms with Crippen LogP contribution in [-0.4, -0.2) is 25.7 Å². The Morgan fingerprint density at radius 1 is 1.20 bits per heavy atom. The van der Waals surface area contributed by atoms with E-state index in [0.717, 1.165) is 30.2 Å². The fourth-order valence-corrected chi connectivity index (χ4v) is 3.35. The molecule has 0 radical (unpaired) electrons. The molecule has 0 aliphatic heterocycles. The zero-order valence-corrected chi connectivity index (χ0v) is 13.6. The molecule has 2 heterocycles. The Balaban J connectivity index is 1.70. The number of allylic oxidation sites excluding steroid dienone is 1. The summed E-state index contributed by atoms with van der Waals surface area (Å²) in [5, 5.41) is 10.3. The van der Waals surface area contributed by atoms with Crippen LogP contribution in [0.5, 0.6) is 0 Å². The number of anilines is 1. The first-order valence-corrected chi connectivity index (χ1v) is 8.27. The van der Waals surface area contributed by atoms with Gasteiger partial charge in [0.25, 0.3) is 0 Å². The van der Waals surface area contributed by atoms with Crippen LogP contribution in [0.4, 0.5) is 10.3 Å². The summed E-state index contributed by atoms with van der Waals surface area (Å²) in [7, 11) is 0. The van der Waals surface area contributed by atoms with Crippen molar-refractivity contribution in [1.29, 1.82) is 0 Å². The first-order chi connectivity index (χ1) is 12.0. The summed E-state index contributed by atoms with van der Waals surface area (Å²) in [6.07, 6.45) is 8.74. The van der Waals surface area contributed by atoms with Crippen molar-refractivity contribution >= 4 is 11.5 Å². The van der Waals surface area contributed by atoms with E-state index in [9.17, 15) is 9.50 Å². The van der Waals surface area contributed by atoms with Crippen LogP contribution in [0.3, 0.4) is 0 Å². The molecule has 6 heteroatoms. The Bertz CT molecular complexity index is 936. The lowest BCUT2D eigenvalue weighted by Gasteiger charge is -2.12. The molecule has 0 amide bonds. The van der Waals surface area contributed by atoms with Crippen molar-refractivity contribution in [1.82, 2.24) is 15.0 Å². The summed E-state index contributed by atoms with van der Waals surface area (Å²) < 4.78 is 14.1. The van der Waals surface area contributed by atoms with Gasteiger partial charge in [0, 0.05) is 11.8 Å². The van der Waals surface area contributed by atoms with E-state index < -0.39 is 11.4 Å². The minimum atomic E-state index is -0.910. The van der Waals surface area contributed by atoms with Crippen LogP contribution in [0, 0.1) is 17.7 Å². The van der Waals surface area contributed by atoms with E-state index in [0.29, 0.717) is 30.5 Å². The molecule has 0 bridgehead atoms. The number of hydrogen-bond acceptors (Lipinski definition) is 5. The van der Waals surface area contributed by atoms with Crippen molar-refractivity contribution < 1.29 is 9.50 Å². The molecule has 4 rings (SSSR count). The zero-order chi connectivity index (χ0) is 17.4. The van der Waals surface area contributed by atoms with Gasteiger partial charge in [-0.05, 0) is 55.2 Å². The molecule has 2 aromatic heterocycles. The molecule has 0 spiro atoms. The molecule has 2 aliphatic rings. The minimum absolute atomic E-state index is 0.0308. The molecular weight excluding hydrogens is 319 g/mol. The molecule has 1 fully saturated rings. The third-order valence-electron chi connectivity index (χ3n) is 4.67. The fourth-order valence-electron chi connectivity index (χ4n) is 3.35. The number of nitrogens with zero attached hydrogens (tertiary/aromatic N) is 3. The Morgan fingerprint density at radius 2 is 2.00 bits per heavy atom. The number of rotatable bonds is 1. The quantitative estimate of drug-likeness (QED) is 0.780. The van der Waals surface area contributed by atoms with E-state index in [1.165, 1.54) is 0 Å². The third-order valence-corrected chi connectivity index (χ3v) is 4.67. The molecule has 0 unspecified atom stereocenters. The second-order valence-corrected chi connectivity index (χ2v) is 6.46. The van der Waals surface area contributed by atoms with Crippen LogP contribution in [0.15, 0.2) is 24.5 Å². The maximum Gasteiger partial charge on any atom is 0.220 e. The maximum atomic E-state index is 14.1. The van der Waals surface area contributed by atoms with Crippen LogP contribution in [0.2, 0.25) is 0 Å². The highest BCUT2D eigenvalue weighted by Gasteiger charge is 2.28. The number of hydrogen-bond donors (Lipinski definition) is 2. The van der Waals surface area contributed by atoms with Gasteiger partial charge in [0.05, 0.1) is 6.20 Å². The van der Waals surface area contributed by atoms with Gasteiger partial charge in [0.2, 0.25) is 5.95 Å². The monoisotopic (exact) mass is 336 g/mol. The van der Waals surface area contributed by atoms with Gasteiger partial charge in [-0.3, -0.25) is 0 Å². The van der Waals surface area contributed by atoms with Gasteiger partial charge in [-0.2, -0.15) is 0 Å². The Hall–Kier alpha value is -2.78. The molecule has 2 aromatic rings. The van der Waals surface area contributed by atoms with Gasteiger partial charge in [-0.25, -0.2) is 19.3 Å². The highest BCUT2D eigenvalue weighted by Crippen LogP contribution is 2.33. The largest absolute Gasteiger partial charge is 0.378 e. The standard InChI is InChI=1S/C19H17FN4O/c20-16-11-23-18(21)24-17(16)14-4-3-12-10-22-13(9-15(12)14)5-8-19(25)6-1-2-7-19/h4,9-11,25H,1-3,6-7H2,(H2,21,23,24). The van der Waals surface area contributed by atoms with Crippen molar-refractivity contribution in [3.8, 4) is 11.8 Å². The van der Waals surface area contributed by atoms with E-state index in [1.54, 1.807) is 6.20 Å². The molecule has 25 heavy (non-hydrogen) atoms. The highest BCUT2D eigenvalue weighted by atomic mass is 19.1. The molecule has 0 aromatic carbocycles. The second-order valence-electron chi connectivity index (χ2n) is 6.46. The number of halogens is 1. The topological polar surface area (TPSA) is 84.9 Å². The molecule has 5 nitrogen and oxygen atoms in total. The van der Waals surface area contributed by atoms with Gasteiger partial charge in [-0.15, -0.1) is 0 Å². The predicted molar refractivity (Wildman–Crippen MR) is 91.7 cm³/mol. The summed E-state index contributed by atoms with van der Waals surface area (Å²) in [5.74, 6) is 5.42. The van der Waals surface area contributed by atoms with Crippen molar-refractivity contribution in [3.63, 3.8) is 0 Å². The van der Waals surface area contributed by atoms with Gasteiger partial charge in [-0.1, -0.05) is 12.0 Å². The van der Waals surface area contributed by atoms with Gasteiger partial charge in [0.15, 0.2) is 5.82 Å². The lowest BCUT2D eigenvalue weighted by molar-refractivity contribution is 0.110. The van der Waals surface area contributed by atoms with E-state index in [2.05, 4.69) is 26.8 Å². The average Bonchev–Trinajstić information content (AvgIpc) is 3.22. The van der Waals surface area contributed by atoms with Crippen molar-refractivity contribution in [2.75, 3.05) is 5.73 Å². The summed E-state index contributed by atoms with van der Waals surface area (Å²) in [4.78, 5) is 12.0. The summed E-state index contributed by atoms with van der Waals surface area (Å²) >= 11 is 0. The number of pyridine rings is 1. The number of fused-ring (bicyclic) bond motifs is 1. The summed E-state index contributed by atoms with van der Waals surface area (Å²) in [6.45, 7) is 0. The fraction of sp³-hybridized carbons (Fsp3) is 0.316. The van der Waals surface area contributed by atoms with Crippen LogP contribution >= 0.6 is 0 Å². The lowest BCUT2D eigenvalue weighted by Crippen LogP contribution is -2.20. The second kappa shape index (κ2) is 5.94. The van der Waals surface area contributed by atoms with E-state index >= 15 is 0 Å². The SMILES string of the molecule is Nc1ncc(F)c(C2=CCc3cnc(C#CC4(O)CCCC4)cc32)n1. The molecule has 1 saturated carbocycles. The number of nitrogen functional groups attached to an aromatic ring is 1. The highest BCUT2D eigenvalue weighted by molar-refractivity contribution is 5.83. The van der Waals surface area contributed by atoms with Crippen molar-refractivity contribution in [2.24, 2.45) is 0 Å². The Morgan fingerprint density at radius 3 is 2.80 bits per heavy atom. The van der Waals surface area contributed by atoms with Gasteiger partial charge >= 0.3 is 0 Å². The molecule has 0 saturated heterocycles. The first kappa shape index (κ1) is 15.7. The van der Waals surface area contributed by atoms with Crippen LogP contribution in [-0.2, 0) is 6.42 Å². The third kappa shape index (κ3) is 2.99. The van der Waals surface area contributed by atoms with Crippen LogP contribution in [0.25, 0.3) is 5.57 Å². The summed E-state index contributed by atoms with van der Waals surface area (Å²) in [6, 6.07) is 1.82.